The second-order valence-electron chi connectivity index (χ2n) is 12.1. The van der Waals surface area contributed by atoms with E-state index in [2.05, 4.69) is 11.5 Å². The highest BCUT2D eigenvalue weighted by Crippen LogP contribution is 2.47. The SMILES string of the molecule is C=CC(=O)OC1CCC(N(C2CCC3CCCCC3C2)C2CCC3CCCCC3C2)CC1. The molecule has 0 aromatic rings. The van der Waals surface area contributed by atoms with Gasteiger partial charge in [0, 0.05) is 24.2 Å². The average molecular weight is 442 g/mol. The Kier molecular flexibility index (Phi) is 7.61. The van der Waals surface area contributed by atoms with E-state index in [1.165, 1.54) is 109 Å². The molecule has 5 aliphatic carbocycles. The summed E-state index contributed by atoms with van der Waals surface area (Å²) in [5.41, 5.74) is 0. The van der Waals surface area contributed by atoms with Crippen molar-refractivity contribution in [2.24, 2.45) is 23.7 Å². The van der Waals surface area contributed by atoms with Crippen LogP contribution in [0.1, 0.15) is 116 Å². The van der Waals surface area contributed by atoms with Crippen LogP contribution in [0.3, 0.4) is 0 Å². The Labute approximate surface area is 196 Å². The molecule has 6 unspecified atom stereocenters. The molecule has 0 spiro atoms. The molecule has 5 rings (SSSR count). The lowest BCUT2D eigenvalue weighted by Gasteiger charge is -2.53. The number of carbonyl (C=O) groups excluding carboxylic acids is 1. The third-order valence-electron chi connectivity index (χ3n) is 10.4. The van der Waals surface area contributed by atoms with E-state index in [4.69, 9.17) is 4.74 Å². The molecule has 6 atom stereocenters. The number of hydrogen-bond acceptors (Lipinski definition) is 3. The Balaban J connectivity index is 1.28. The molecule has 0 bridgehead atoms. The van der Waals surface area contributed by atoms with E-state index >= 15 is 0 Å². The van der Waals surface area contributed by atoms with Gasteiger partial charge in [-0.2, -0.15) is 0 Å². The summed E-state index contributed by atoms with van der Waals surface area (Å²) in [4.78, 5) is 14.8. The van der Waals surface area contributed by atoms with Gasteiger partial charge in [0.2, 0.25) is 0 Å². The minimum Gasteiger partial charge on any atom is -0.459 e. The number of hydrogen-bond donors (Lipinski definition) is 0. The normalized spacial score (nSPS) is 42.5. The predicted molar refractivity (Wildman–Crippen MR) is 130 cm³/mol. The molecule has 5 saturated carbocycles. The highest BCUT2D eigenvalue weighted by molar-refractivity contribution is 5.81. The molecule has 3 heteroatoms. The third kappa shape index (κ3) is 5.13. The minimum atomic E-state index is -0.239. The van der Waals surface area contributed by atoms with Crippen LogP contribution in [0.2, 0.25) is 0 Å². The van der Waals surface area contributed by atoms with Crippen molar-refractivity contribution < 1.29 is 9.53 Å². The zero-order chi connectivity index (χ0) is 21.9. The maximum Gasteiger partial charge on any atom is 0.330 e. The molecule has 0 N–H and O–H groups in total. The highest BCUT2D eigenvalue weighted by atomic mass is 16.5. The van der Waals surface area contributed by atoms with Crippen LogP contribution < -0.4 is 0 Å². The molecule has 0 amide bonds. The number of fused-ring (bicyclic) bond motifs is 2. The van der Waals surface area contributed by atoms with Gasteiger partial charge in [-0.1, -0.05) is 57.9 Å². The maximum absolute atomic E-state index is 11.7. The molecule has 180 valence electrons. The van der Waals surface area contributed by atoms with E-state index in [1.54, 1.807) is 0 Å². The van der Waals surface area contributed by atoms with Gasteiger partial charge < -0.3 is 4.74 Å². The zero-order valence-corrected chi connectivity index (χ0v) is 20.4. The Bertz CT molecular complexity index is 605. The fraction of sp³-hybridized carbons (Fsp3) is 0.897. The quantitative estimate of drug-likeness (QED) is 0.338. The summed E-state index contributed by atoms with van der Waals surface area (Å²) < 4.78 is 5.63. The van der Waals surface area contributed by atoms with Crippen LogP contribution in [0.5, 0.6) is 0 Å². The van der Waals surface area contributed by atoms with Gasteiger partial charge in [-0.25, -0.2) is 4.79 Å². The first-order chi connectivity index (χ1) is 15.7. The smallest absolute Gasteiger partial charge is 0.330 e. The molecule has 0 aliphatic heterocycles. The molecule has 5 fully saturated rings. The first-order valence-corrected chi connectivity index (χ1v) is 14.3. The Morgan fingerprint density at radius 3 is 1.59 bits per heavy atom. The number of rotatable bonds is 5. The van der Waals surface area contributed by atoms with Crippen LogP contribution in [-0.4, -0.2) is 35.1 Å². The van der Waals surface area contributed by atoms with Gasteiger partial charge in [0.25, 0.3) is 0 Å². The summed E-state index contributed by atoms with van der Waals surface area (Å²) in [6, 6.07) is 2.34. The van der Waals surface area contributed by atoms with Gasteiger partial charge in [0.15, 0.2) is 0 Å². The molecule has 0 radical (unpaired) electrons. The van der Waals surface area contributed by atoms with Crippen molar-refractivity contribution >= 4 is 5.97 Å². The van der Waals surface area contributed by atoms with E-state index in [1.807, 2.05) is 0 Å². The third-order valence-corrected chi connectivity index (χ3v) is 10.4. The molecule has 0 heterocycles. The molecule has 3 nitrogen and oxygen atoms in total. The molecular formula is C29H47NO2. The van der Waals surface area contributed by atoms with Crippen LogP contribution in [0.15, 0.2) is 12.7 Å². The molecule has 32 heavy (non-hydrogen) atoms. The second kappa shape index (κ2) is 10.6. The lowest BCUT2D eigenvalue weighted by molar-refractivity contribution is -0.145. The van der Waals surface area contributed by atoms with E-state index in [0.29, 0.717) is 6.04 Å². The van der Waals surface area contributed by atoms with Gasteiger partial charge in [0.1, 0.15) is 6.10 Å². The van der Waals surface area contributed by atoms with Crippen LogP contribution in [0, 0.1) is 23.7 Å². The fourth-order valence-corrected chi connectivity index (χ4v) is 8.81. The van der Waals surface area contributed by atoms with Crippen molar-refractivity contribution in [2.75, 3.05) is 0 Å². The van der Waals surface area contributed by atoms with Crippen molar-refractivity contribution in [1.29, 1.82) is 0 Å². The Morgan fingerprint density at radius 2 is 1.09 bits per heavy atom. The maximum atomic E-state index is 11.7. The molecule has 5 aliphatic rings. The van der Waals surface area contributed by atoms with Gasteiger partial charge in [-0.3, -0.25) is 4.90 Å². The standard InChI is InChI=1S/C29H47NO2/c1-2-29(31)32-28-17-15-25(16-18-28)30(26-13-11-21-7-3-5-9-23(21)19-26)27-14-12-22-8-4-6-10-24(22)20-27/h2,21-28H,1,3-20H2. The van der Waals surface area contributed by atoms with Crippen LogP contribution in [0.4, 0.5) is 0 Å². The van der Waals surface area contributed by atoms with Crippen molar-refractivity contribution in [3.8, 4) is 0 Å². The summed E-state index contributed by atoms with van der Waals surface area (Å²) >= 11 is 0. The number of ether oxygens (including phenoxy) is 1. The number of carbonyl (C=O) groups is 1. The Morgan fingerprint density at radius 1 is 0.625 bits per heavy atom. The second-order valence-corrected chi connectivity index (χ2v) is 12.1. The Hall–Kier alpha value is -0.830. The molecule has 0 saturated heterocycles. The first-order valence-electron chi connectivity index (χ1n) is 14.3. The van der Waals surface area contributed by atoms with Gasteiger partial charge in [-0.05, 0) is 87.9 Å². The molecular weight excluding hydrogens is 394 g/mol. The lowest BCUT2D eigenvalue weighted by Crippen LogP contribution is -2.55. The highest BCUT2D eigenvalue weighted by Gasteiger charge is 2.43. The van der Waals surface area contributed by atoms with Crippen LogP contribution in [-0.2, 0) is 9.53 Å². The van der Waals surface area contributed by atoms with E-state index in [9.17, 15) is 4.79 Å². The van der Waals surface area contributed by atoms with Gasteiger partial charge in [0.05, 0.1) is 0 Å². The lowest BCUT2D eigenvalue weighted by atomic mass is 9.66. The fourth-order valence-electron chi connectivity index (χ4n) is 8.81. The van der Waals surface area contributed by atoms with E-state index in [-0.39, 0.29) is 12.1 Å². The average Bonchev–Trinajstić information content (AvgIpc) is 2.85. The zero-order valence-electron chi connectivity index (χ0n) is 20.4. The van der Waals surface area contributed by atoms with Crippen LogP contribution in [0.25, 0.3) is 0 Å². The summed E-state index contributed by atoms with van der Waals surface area (Å²) in [5, 5.41) is 0. The molecule has 0 aromatic carbocycles. The van der Waals surface area contributed by atoms with Crippen molar-refractivity contribution in [3.63, 3.8) is 0 Å². The minimum absolute atomic E-state index is 0.113. The molecule has 0 aromatic heterocycles. The van der Waals surface area contributed by atoms with Crippen LogP contribution >= 0.6 is 0 Å². The van der Waals surface area contributed by atoms with E-state index in [0.717, 1.165) is 48.6 Å². The summed E-state index contributed by atoms with van der Waals surface area (Å²) in [6.07, 6.45) is 26.6. The van der Waals surface area contributed by atoms with Gasteiger partial charge >= 0.3 is 5.97 Å². The summed E-state index contributed by atoms with van der Waals surface area (Å²) in [5.74, 6) is 3.83. The first kappa shape index (κ1) is 22.9. The van der Waals surface area contributed by atoms with Crippen molar-refractivity contribution in [1.82, 2.24) is 4.90 Å². The number of nitrogens with zero attached hydrogens (tertiary/aromatic N) is 1. The summed E-state index contributed by atoms with van der Waals surface area (Å²) in [6.45, 7) is 3.57. The topological polar surface area (TPSA) is 29.5 Å². The predicted octanol–water partition coefficient (Wildman–Crippen LogP) is 7.05. The van der Waals surface area contributed by atoms with E-state index < -0.39 is 0 Å². The van der Waals surface area contributed by atoms with Crippen molar-refractivity contribution in [3.05, 3.63) is 12.7 Å². The number of esters is 1. The van der Waals surface area contributed by atoms with Crippen molar-refractivity contribution in [2.45, 2.75) is 140 Å². The largest absolute Gasteiger partial charge is 0.459 e. The summed E-state index contributed by atoms with van der Waals surface area (Å²) in [7, 11) is 0. The van der Waals surface area contributed by atoms with Gasteiger partial charge in [-0.15, -0.1) is 0 Å². The monoisotopic (exact) mass is 441 g/mol.